The van der Waals surface area contributed by atoms with E-state index in [2.05, 4.69) is 20.6 Å². The lowest BCUT2D eigenvalue weighted by Crippen LogP contribution is -2.30. The molecule has 1 amide bonds. The van der Waals surface area contributed by atoms with E-state index >= 15 is 0 Å². The van der Waals surface area contributed by atoms with E-state index in [9.17, 15) is 4.79 Å². The second-order valence-corrected chi connectivity index (χ2v) is 4.91. The first-order valence-electron chi connectivity index (χ1n) is 6.55. The fraction of sp³-hybridized carbons (Fsp3) is 0.357. The minimum Gasteiger partial charge on any atom is -0.316 e. The molecule has 0 bridgehead atoms. The van der Waals surface area contributed by atoms with Crippen LogP contribution in [0, 0.1) is 5.92 Å². The van der Waals surface area contributed by atoms with Gasteiger partial charge in [-0.2, -0.15) is 0 Å². The van der Waals surface area contributed by atoms with Crippen molar-refractivity contribution in [3.05, 3.63) is 29.4 Å². The van der Waals surface area contributed by atoms with Crippen LogP contribution in [0.5, 0.6) is 0 Å². The van der Waals surface area contributed by atoms with Gasteiger partial charge in [0.15, 0.2) is 11.0 Å². The van der Waals surface area contributed by atoms with Gasteiger partial charge in [0, 0.05) is 12.5 Å². The first kappa shape index (κ1) is 14.7. The number of para-hydroxylation sites is 2. The standard InChI is InChI=1S/C14H17ClN4O/c1-3-16-8-9(2)14(20)19-13-12(15)17-10-6-4-5-7-11(10)18-13/h4-7,9,16H,3,8H2,1-2H3,(H,18,19,20). The molecule has 0 spiro atoms. The van der Waals surface area contributed by atoms with Gasteiger partial charge in [-0.25, -0.2) is 9.97 Å². The summed E-state index contributed by atoms with van der Waals surface area (Å²) in [5.41, 5.74) is 1.41. The Morgan fingerprint density at radius 2 is 1.95 bits per heavy atom. The molecule has 2 aromatic rings. The van der Waals surface area contributed by atoms with Crippen LogP contribution in [-0.2, 0) is 4.79 Å². The van der Waals surface area contributed by atoms with Gasteiger partial charge in [0.1, 0.15) is 0 Å². The Labute approximate surface area is 122 Å². The molecule has 0 aliphatic heterocycles. The highest BCUT2D eigenvalue weighted by atomic mass is 35.5. The largest absolute Gasteiger partial charge is 0.316 e. The zero-order valence-corrected chi connectivity index (χ0v) is 12.2. The van der Waals surface area contributed by atoms with Crippen molar-refractivity contribution in [3.63, 3.8) is 0 Å². The molecule has 0 fully saturated rings. The maximum atomic E-state index is 12.0. The average Bonchev–Trinajstić information content (AvgIpc) is 2.45. The Kier molecular flexibility index (Phi) is 4.87. The fourth-order valence-corrected chi connectivity index (χ4v) is 1.93. The van der Waals surface area contributed by atoms with E-state index in [-0.39, 0.29) is 17.0 Å². The summed E-state index contributed by atoms with van der Waals surface area (Å²) in [4.78, 5) is 20.6. The maximum Gasteiger partial charge on any atom is 0.229 e. The third kappa shape index (κ3) is 3.43. The molecule has 2 rings (SSSR count). The van der Waals surface area contributed by atoms with Crippen LogP contribution in [0.25, 0.3) is 11.0 Å². The SMILES string of the molecule is CCNCC(C)C(=O)Nc1nc2ccccc2nc1Cl. The highest BCUT2D eigenvalue weighted by Crippen LogP contribution is 2.21. The van der Waals surface area contributed by atoms with Gasteiger partial charge in [-0.3, -0.25) is 4.79 Å². The number of carbonyl (C=O) groups is 1. The predicted molar refractivity (Wildman–Crippen MR) is 80.9 cm³/mol. The quantitative estimate of drug-likeness (QED) is 0.888. The molecule has 0 saturated carbocycles. The van der Waals surface area contributed by atoms with Crippen LogP contribution in [0.3, 0.4) is 0 Å². The molecule has 1 aromatic heterocycles. The van der Waals surface area contributed by atoms with Crippen molar-refractivity contribution in [1.82, 2.24) is 15.3 Å². The summed E-state index contributed by atoms with van der Waals surface area (Å²) in [5.74, 6) is 0.00966. The van der Waals surface area contributed by atoms with Gasteiger partial charge in [0.2, 0.25) is 5.91 Å². The van der Waals surface area contributed by atoms with Crippen LogP contribution >= 0.6 is 11.6 Å². The third-order valence-corrected chi connectivity index (χ3v) is 3.18. The van der Waals surface area contributed by atoms with E-state index in [1.165, 1.54) is 0 Å². The highest BCUT2D eigenvalue weighted by Gasteiger charge is 2.15. The summed E-state index contributed by atoms with van der Waals surface area (Å²) in [6.07, 6.45) is 0. The predicted octanol–water partition coefficient (Wildman–Crippen LogP) is 2.47. The van der Waals surface area contributed by atoms with E-state index in [0.717, 1.165) is 6.54 Å². The smallest absolute Gasteiger partial charge is 0.229 e. The fourth-order valence-electron chi connectivity index (χ4n) is 1.75. The second kappa shape index (κ2) is 6.63. The molecule has 1 atom stereocenters. The zero-order valence-electron chi connectivity index (χ0n) is 11.5. The number of nitrogens with one attached hydrogen (secondary N) is 2. The van der Waals surface area contributed by atoms with Crippen molar-refractivity contribution in [2.24, 2.45) is 5.92 Å². The van der Waals surface area contributed by atoms with Gasteiger partial charge >= 0.3 is 0 Å². The summed E-state index contributed by atoms with van der Waals surface area (Å²) < 4.78 is 0. The van der Waals surface area contributed by atoms with Crippen LogP contribution < -0.4 is 10.6 Å². The monoisotopic (exact) mass is 292 g/mol. The first-order valence-corrected chi connectivity index (χ1v) is 6.93. The topological polar surface area (TPSA) is 66.9 Å². The van der Waals surface area contributed by atoms with Crippen LogP contribution in [0.2, 0.25) is 5.15 Å². The Morgan fingerprint density at radius 3 is 2.60 bits per heavy atom. The first-order chi connectivity index (χ1) is 9.61. The average molecular weight is 293 g/mol. The molecule has 0 aliphatic rings. The molecule has 1 heterocycles. The molecule has 0 saturated heterocycles. The van der Waals surface area contributed by atoms with Crippen molar-refractivity contribution >= 4 is 34.4 Å². The number of hydrogen-bond donors (Lipinski definition) is 2. The van der Waals surface area contributed by atoms with Gasteiger partial charge in [0.25, 0.3) is 0 Å². The minimum atomic E-state index is -0.167. The van der Waals surface area contributed by atoms with Crippen molar-refractivity contribution < 1.29 is 4.79 Å². The van der Waals surface area contributed by atoms with E-state index in [1.54, 1.807) is 0 Å². The van der Waals surface area contributed by atoms with Gasteiger partial charge in [-0.15, -0.1) is 0 Å². The number of benzene rings is 1. The summed E-state index contributed by atoms with van der Waals surface area (Å²) in [7, 11) is 0. The number of fused-ring (bicyclic) bond motifs is 1. The van der Waals surface area contributed by atoms with Crippen molar-refractivity contribution in [3.8, 4) is 0 Å². The normalized spacial score (nSPS) is 12.3. The molecule has 0 radical (unpaired) electrons. The van der Waals surface area contributed by atoms with Crippen LogP contribution in [-0.4, -0.2) is 29.0 Å². The number of hydrogen-bond acceptors (Lipinski definition) is 4. The molecule has 1 unspecified atom stereocenters. The van der Waals surface area contributed by atoms with Gasteiger partial charge in [-0.05, 0) is 18.7 Å². The van der Waals surface area contributed by atoms with Crippen molar-refractivity contribution in [2.75, 3.05) is 18.4 Å². The molecule has 1 aromatic carbocycles. The summed E-state index contributed by atoms with van der Waals surface area (Å²) >= 11 is 6.05. The Balaban J connectivity index is 2.16. The Bertz CT molecular complexity index is 617. The van der Waals surface area contributed by atoms with Crippen LogP contribution in [0.15, 0.2) is 24.3 Å². The Hall–Kier alpha value is -1.72. The zero-order chi connectivity index (χ0) is 14.5. The molecular formula is C14H17ClN4O. The van der Waals surface area contributed by atoms with Crippen molar-refractivity contribution in [1.29, 1.82) is 0 Å². The van der Waals surface area contributed by atoms with Crippen molar-refractivity contribution in [2.45, 2.75) is 13.8 Å². The number of halogens is 1. The number of amides is 1. The molecule has 2 N–H and O–H groups in total. The van der Waals surface area contributed by atoms with E-state index < -0.39 is 0 Å². The second-order valence-electron chi connectivity index (χ2n) is 4.55. The third-order valence-electron chi connectivity index (χ3n) is 2.92. The Morgan fingerprint density at radius 1 is 1.30 bits per heavy atom. The van der Waals surface area contributed by atoms with Gasteiger partial charge in [-0.1, -0.05) is 37.6 Å². The molecule has 106 valence electrons. The summed E-state index contributed by atoms with van der Waals surface area (Å²) in [5, 5.41) is 6.06. The summed E-state index contributed by atoms with van der Waals surface area (Å²) in [6.45, 7) is 5.28. The highest BCUT2D eigenvalue weighted by molar-refractivity contribution is 6.32. The molecule has 6 heteroatoms. The summed E-state index contributed by atoms with van der Waals surface area (Å²) in [6, 6.07) is 7.39. The molecule has 5 nitrogen and oxygen atoms in total. The van der Waals surface area contributed by atoms with Crippen LogP contribution in [0.4, 0.5) is 5.82 Å². The van der Waals surface area contributed by atoms with E-state index in [1.807, 2.05) is 38.1 Å². The lowest BCUT2D eigenvalue weighted by Gasteiger charge is -2.12. The number of rotatable bonds is 5. The minimum absolute atomic E-state index is 0.127. The lowest BCUT2D eigenvalue weighted by molar-refractivity contribution is -0.119. The molecular weight excluding hydrogens is 276 g/mol. The van der Waals surface area contributed by atoms with E-state index in [4.69, 9.17) is 11.6 Å². The van der Waals surface area contributed by atoms with Gasteiger partial charge in [0.05, 0.1) is 11.0 Å². The van der Waals surface area contributed by atoms with Crippen LogP contribution in [0.1, 0.15) is 13.8 Å². The lowest BCUT2D eigenvalue weighted by atomic mass is 10.1. The number of carbonyl (C=O) groups excluding carboxylic acids is 1. The molecule has 20 heavy (non-hydrogen) atoms. The van der Waals surface area contributed by atoms with Gasteiger partial charge < -0.3 is 10.6 Å². The maximum absolute atomic E-state index is 12.0. The number of anilines is 1. The molecule has 0 aliphatic carbocycles. The number of aromatic nitrogens is 2. The van der Waals surface area contributed by atoms with E-state index in [0.29, 0.717) is 23.4 Å². The number of nitrogens with zero attached hydrogens (tertiary/aromatic N) is 2.